The number of hydrogen-bond acceptors (Lipinski definition) is 2. The Hall–Kier alpha value is -0.570. The van der Waals surface area contributed by atoms with Crippen LogP contribution in [0.1, 0.15) is 38.5 Å². The fraction of sp³-hybridized carbons (Fsp3) is 0.909. The van der Waals surface area contributed by atoms with Crippen molar-refractivity contribution < 1.29 is 4.79 Å². The number of hydrogen-bond donors (Lipinski definition) is 1. The van der Waals surface area contributed by atoms with E-state index in [9.17, 15) is 4.79 Å². The molecule has 3 heteroatoms. The molecule has 80 valence electrons. The second kappa shape index (κ2) is 4.30. The number of carbonyl (C=O) groups excluding carboxylic acids is 1. The van der Waals surface area contributed by atoms with Gasteiger partial charge in [0, 0.05) is 12.1 Å². The molecule has 0 radical (unpaired) electrons. The lowest BCUT2D eigenvalue weighted by Gasteiger charge is -2.34. The lowest BCUT2D eigenvalue weighted by Crippen LogP contribution is -2.39. The summed E-state index contributed by atoms with van der Waals surface area (Å²) >= 11 is 0. The van der Waals surface area contributed by atoms with Crippen molar-refractivity contribution in [3.63, 3.8) is 0 Å². The lowest BCUT2D eigenvalue weighted by molar-refractivity contribution is -0.121. The SMILES string of the molecule is NCC1CCC(N(C=O)C2CC2)CC1. The second-order valence-electron chi connectivity index (χ2n) is 4.69. The maximum absolute atomic E-state index is 10.9. The topological polar surface area (TPSA) is 46.3 Å². The zero-order chi connectivity index (χ0) is 9.97. The van der Waals surface area contributed by atoms with Gasteiger partial charge in [0.1, 0.15) is 0 Å². The normalized spacial score (nSPS) is 32.6. The molecule has 0 bridgehead atoms. The van der Waals surface area contributed by atoms with Crippen LogP contribution in [-0.2, 0) is 4.79 Å². The Morgan fingerprint density at radius 3 is 1.93 bits per heavy atom. The van der Waals surface area contributed by atoms with E-state index in [0.717, 1.165) is 25.8 Å². The van der Waals surface area contributed by atoms with Crippen LogP contribution >= 0.6 is 0 Å². The number of amides is 1. The first-order chi connectivity index (χ1) is 6.85. The van der Waals surface area contributed by atoms with E-state index < -0.39 is 0 Å². The highest BCUT2D eigenvalue weighted by molar-refractivity contribution is 5.49. The number of nitrogens with two attached hydrogens (primary N) is 1. The average Bonchev–Trinajstić information content (AvgIpc) is 3.04. The van der Waals surface area contributed by atoms with Crippen LogP contribution in [0.25, 0.3) is 0 Å². The van der Waals surface area contributed by atoms with Crippen LogP contribution in [0.4, 0.5) is 0 Å². The van der Waals surface area contributed by atoms with Gasteiger partial charge in [-0.25, -0.2) is 0 Å². The Kier molecular flexibility index (Phi) is 3.06. The molecule has 0 heterocycles. The minimum absolute atomic E-state index is 0.516. The zero-order valence-electron chi connectivity index (χ0n) is 8.69. The molecule has 2 aliphatic rings. The molecular weight excluding hydrogens is 176 g/mol. The van der Waals surface area contributed by atoms with E-state index in [1.165, 1.54) is 25.7 Å². The Morgan fingerprint density at radius 1 is 1.07 bits per heavy atom. The smallest absolute Gasteiger partial charge is 0.210 e. The van der Waals surface area contributed by atoms with E-state index in [1.807, 2.05) is 0 Å². The first-order valence-electron chi connectivity index (χ1n) is 5.78. The molecule has 2 saturated carbocycles. The Labute approximate surface area is 85.6 Å². The van der Waals surface area contributed by atoms with Crippen LogP contribution in [0.2, 0.25) is 0 Å². The van der Waals surface area contributed by atoms with Crippen molar-refractivity contribution in [3.8, 4) is 0 Å². The van der Waals surface area contributed by atoms with Gasteiger partial charge in [-0.05, 0) is 51.0 Å². The molecule has 1 amide bonds. The molecule has 3 nitrogen and oxygen atoms in total. The maximum Gasteiger partial charge on any atom is 0.210 e. The summed E-state index contributed by atoms with van der Waals surface area (Å²) in [6, 6.07) is 1.09. The molecule has 0 aromatic heterocycles. The van der Waals surface area contributed by atoms with E-state index in [0.29, 0.717) is 18.0 Å². The van der Waals surface area contributed by atoms with Gasteiger partial charge in [-0.15, -0.1) is 0 Å². The van der Waals surface area contributed by atoms with Crippen molar-refractivity contribution in [1.29, 1.82) is 0 Å². The zero-order valence-corrected chi connectivity index (χ0v) is 8.69. The number of nitrogens with zero attached hydrogens (tertiary/aromatic N) is 1. The molecular formula is C11H20N2O. The highest BCUT2D eigenvalue weighted by atomic mass is 16.1. The van der Waals surface area contributed by atoms with E-state index in [1.54, 1.807) is 0 Å². The van der Waals surface area contributed by atoms with Gasteiger partial charge in [0.15, 0.2) is 0 Å². The quantitative estimate of drug-likeness (QED) is 0.685. The Balaban J connectivity index is 1.83. The minimum atomic E-state index is 0.516. The molecule has 0 saturated heterocycles. The fourth-order valence-corrected chi connectivity index (χ4v) is 2.52. The van der Waals surface area contributed by atoms with Gasteiger partial charge in [-0.2, -0.15) is 0 Å². The van der Waals surface area contributed by atoms with E-state index in [2.05, 4.69) is 4.90 Å². The largest absolute Gasteiger partial charge is 0.339 e. The molecule has 0 spiro atoms. The van der Waals surface area contributed by atoms with Crippen LogP contribution in [0.15, 0.2) is 0 Å². The van der Waals surface area contributed by atoms with E-state index >= 15 is 0 Å². The summed E-state index contributed by atoms with van der Waals surface area (Å²) in [7, 11) is 0. The summed E-state index contributed by atoms with van der Waals surface area (Å²) in [6.45, 7) is 0.817. The Bertz CT molecular complexity index is 195. The molecule has 2 aliphatic carbocycles. The van der Waals surface area contributed by atoms with Gasteiger partial charge in [0.25, 0.3) is 0 Å². The molecule has 2 rings (SSSR count). The lowest BCUT2D eigenvalue weighted by atomic mass is 9.85. The van der Waals surface area contributed by atoms with Gasteiger partial charge >= 0.3 is 0 Å². The molecule has 2 fully saturated rings. The summed E-state index contributed by atoms with van der Waals surface area (Å²) in [4.78, 5) is 13.0. The van der Waals surface area contributed by atoms with Crippen molar-refractivity contribution in [3.05, 3.63) is 0 Å². The van der Waals surface area contributed by atoms with Crippen molar-refractivity contribution in [2.45, 2.75) is 50.6 Å². The summed E-state index contributed by atoms with van der Waals surface area (Å²) in [6.07, 6.45) is 8.24. The molecule has 14 heavy (non-hydrogen) atoms. The monoisotopic (exact) mass is 196 g/mol. The third-order valence-corrected chi connectivity index (χ3v) is 3.66. The minimum Gasteiger partial charge on any atom is -0.339 e. The van der Waals surface area contributed by atoms with E-state index in [-0.39, 0.29) is 0 Å². The molecule has 0 aromatic carbocycles. The number of rotatable bonds is 4. The van der Waals surface area contributed by atoms with Gasteiger partial charge in [0.05, 0.1) is 0 Å². The second-order valence-corrected chi connectivity index (χ2v) is 4.69. The first-order valence-corrected chi connectivity index (χ1v) is 5.78. The third kappa shape index (κ3) is 2.08. The predicted octanol–water partition coefficient (Wildman–Crippen LogP) is 1.12. The standard InChI is InChI=1S/C11H20N2O/c12-7-9-1-3-10(4-2-9)13(8-14)11-5-6-11/h8-11H,1-7,12H2. The van der Waals surface area contributed by atoms with Gasteiger partial charge in [-0.1, -0.05) is 0 Å². The molecule has 0 aliphatic heterocycles. The average molecular weight is 196 g/mol. The molecule has 0 atom stereocenters. The fourth-order valence-electron chi connectivity index (χ4n) is 2.52. The first kappa shape index (κ1) is 9.97. The maximum atomic E-state index is 10.9. The van der Waals surface area contributed by atoms with Gasteiger partial charge in [0.2, 0.25) is 6.41 Å². The highest BCUT2D eigenvalue weighted by Crippen LogP contribution is 2.33. The highest BCUT2D eigenvalue weighted by Gasteiger charge is 2.34. The third-order valence-electron chi connectivity index (χ3n) is 3.66. The number of carbonyl (C=O) groups is 1. The predicted molar refractivity (Wildman–Crippen MR) is 55.7 cm³/mol. The molecule has 0 unspecified atom stereocenters. The summed E-state index contributed by atoms with van der Waals surface area (Å²) in [5.74, 6) is 0.707. The van der Waals surface area contributed by atoms with Gasteiger partial charge in [-0.3, -0.25) is 4.79 Å². The molecule has 0 aromatic rings. The van der Waals surface area contributed by atoms with Crippen LogP contribution in [-0.4, -0.2) is 29.9 Å². The van der Waals surface area contributed by atoms with Crippen LogP contribution in [0.3, 0.4) is 0 Å². The van der Waals surface area contributed by atoms with Crippen molar-refractivity contribution >= 4 is 6.41 Å². The van der Waals surface area contributed by atoms with Crippen LogP contribution in [0.5, 0.6) is 0 Å². The summed E-state index contributed by atoms with van der Waals surface area (Å²) < 4.78 is 0. The Morgan fingerprint density at radius 2 is 1.57 bits per heavy atom. The summed E-state index contributed by atoms with van der Waals surface area (Å²) in [5.41, 5.74) is 5.65. The van der Waals surface area contributed by atoms with Crippen molar-refractivity contribution in [2.75, 3.05) is 6.54 Å². The summed E-state index contributed by atoms with van der Waals surface area (Å²) in [5, 5.41) is 0. The van der Waals surface area contributed by atoms with Crippen molar-refractivity contribution in [1.82, 2.24) is 4.90 Å². The van der Waals surface area contributed by atoms with Crippen molar-refractivity contribution in [2.24, 2.45) is 11.7 Å². The van der Waals surface area contributed by atoms with E-state index in [4.69, 9.17) is 5.73 Å². The molecule has 2 N–H and O–H groups in total. The van der Waals surface area contributed by atoms with Gasteiger partial charge < -0.3 is 10.6 Å². The van der Waals surface area contributed by atoms with Crippen LogP contribution in [0, 0.1) is 5.92 Å². The van der Waals surface area contributed by atoms with Crippen LogP contribution < -0.4 is 5.73 Å².